The molecule has 2 aliphatic heterocycles. The number of hydrogen-bond acceptors (Lipinski definition) is 11. The van der Waals surface area contributed by atoms with E-state index in [1.54, 1.807) is 6.92 Å². The molecule has 7 unspecified atom stereocenters. The molecule has 2 heterocycles. The number of piperidine rings is 1. The molecule has 2 aromatic carbocycles. The lowest BCUT2D eigenvalue weighted by Gasteiger charge is -2.37. The third-order valence-electron chi connectivity index (χ3n) is 9.01. The fourth-order valence-corrected chi connectivity index (χ4v) is 6.49. The number of nitrogens with one attached hydrogen (secondary N) is 1. The summed E-state index contributed by atoms with van der Waals surface area (Å²) in [6.45, 7) is 1.60. The largest absolute Gasteiger partial charge is 0.394 e. The minimum absolute atomic E-state index is 0.275. The summed E-state index contributed by atoms with van der Waals surface area (Å²) >= 11 is 0. The molecule has 0 bridgehead atoms. The van der Waals surface area contributed by atoms with Crippen molar-refractivity contribution in [1.82, 2.24) is 5.32 Å². The summed E-state index contributed by atoms with van der Waals surface area (Å²) in [6, 6.07) is 12.1. The van der Waals surface area contributed by atoms with Crippen LogP contribution in [0.15, 0.2) is 36.4 Å². The second-order valence-corrected chi connectivity index (χ2v) is 11.9. The van der Waals surface area contributed by atoms with Crippen molar-refractivity contribution in [1.29, 1.82) is 0 Å². The van der Waals surface area contributed by atoms with Crippen LogP contribution in [0.1, 0.15) is 42.0 Å². The van der Waals surface area contributed by atoms with Gasteiger partial charge in [-0.1, -0.05) is 35.8 Å². The van der Waals surface area contributed by atoms with Crippen LogP contribution < -0.4 is 5.32 Å². The highest BCUT2D eigenvalue weighted by atomic mass is 16.5. The standard InChI is InChI=1S/C34H41NO10/c1-19(44-28(17-37)30(40)26(39)16-36)2-3-20-4-7-22-23-8-5-21(6-9-27-31(41)33(43)32(42)29(18-38)45-27)15-25(23)34(24(22)14-20)10-12-35-13-11-34/h4-5,7-8,14-15,19,26-33,35-43H,10-13,16-18H2,1H3/t19?,26?,27?,28?,29?,30-,31?,32+,33?/m0/s1. The summed E-state index contributed by atoms with van der Waals surface area (Å²) in [7, 11) is 0. The maximum absolute atomic E-state index is 10.4. The number of aliphatic hydroxyl groups is 8. The van der Waals surface area contributed by atoms with Gasteiger partial charge in [-0.2, -0.15) is 0 Å². The Hall–Kier alpha value is -2.88. The molecule has 45 heavy (non-hydrogen) atoms. The molecule has 1 aliphatic carbocycles. The molecular weight excluding hydrogens is 582 g/mol. The zero-order valence-electron chi connectivity index (χ0n) is 25.0. The second-order valence-electron chi connectivity index (χ2n) is 11.9. The monoisotopic (exact) mass is 623 g/mol. The third-order valence-corrected chi connectivity index (χ3v) is 9.01. The lowest BCUT2D eigenvalue weighted by molar-refractivity contribution is -0.214. The van der Waals surface area contributed by atoms with Gasteiger partial charge in [0.25, 0.3) is 0 Å². The predicted molar refractivity (Wildman–Crippen MR) is 163 cm³/mol. The van der Waals surface area contributed by atoms with Crippen molar-refractivity contribution in [3.63, 3.8) is 0 Å². The van der Waals surface area contributed by atoms with Gasteiger partial charge in [0.05, 0.1) is 19.8 Å². The first kappa shape index (κ1) is 33.5. The van der Waals surface area contributed by atoms with E-state index in [0.717, 1.165) is 53.7 Å². The van der Waals surface area contributed by atoms with Crippen LogP contribution in [0.3, 0.4) is 0 Å². The Balaban J connectivity index is 1.41. The van der Waals surface area contributed by atoms with Crippen molar-refractivity contribution in [2.24, 2.45) is 0 Å². The molecule has 11 heteroatoms. The number of fused-ring (bicyclic) bond motifs is 5. The zero-order valence-corrected chi connectivity index (χ0v) is 25.0. The number of rotatable bonds is 7. The topological polar surface area (TPSA) is 192 Å². The maximum atomic E-state index is 10.4. The summed E-state index contributed by atoms with van der Waals surface area (Å²) in [5.74, 6) is 12.1. The molecule has 2 saturated heterocycles. The smallest absolute Gasteiger partial charge is 0.147 e. The van der Waals surface area contributed by atoms with Gasteiger partial charge < -0.3 is 55.6 Å². The van der Waals surface area contributed by atoms with E-state index in [1.165, 1.54) is 0 Å². The summed E-state index contributed by atoms with van der Waals surface area (Å²) in [4.78, 5) is 0. The third kappa shape index (κ3) is 6.67. The van der Waals surface area contributed by atoms with Crippen molar-refractivity contribution in [2.45, 2.75) is 80.1 Å². The van der Waals surface area contributed by atoms with Gasteiger partial charge in [0, 0.05) is 16.5 Å². The molecule has 1 spiro atoms. The predicted octanol–water partition coefficient (Wildman–Crippen LogP) is -1.64. The van der Waals surface area contributed by atoms with Crippen molar-refractivity contribution >= 4 is 0 Å². The molecule has 0 amide bonds. The summed E-state index contributed by atoms with van der Waals surface area (Å²) < 4.78 is 11.2. The number of ether oxygens (including phenoxy) is 2. The highest BCUT2D eigenvalue weighted by Crippen LogP contribution is 2.53. The van der Waals surface area contributed by atoms with Crippen LogP contribution >= 0.6 is 0 Å². The molecule has 5 rings (SSSR count). The van der Waals surface area contributed by atoms with Crippen LogP contribution in [0.5, 0.6) is 0 Å². The van der Waals surface area contributed by atoms with E-state index in [9.17, 15) is 35.7 Å². The first-order chi connectivity index (χ1) is 21.6. The lowest BCUT2D eigenvalue weighted by Crippen LogP contribution is -2.58. The minimum Gasteiger partial charge on any atom is -0.394 e. The molecule has 11 nitrogen and oxygen atoms in total. The van der Waals surface area contributed by atoms with Gasteiger partial charge in [-0.15, -0.1) is 0 Å². The quantitative estimate of drug-likeness (QED) is 0.161. The van der Waals surface area contributed by atoms with Crippen LogP contribution in [-0.2, 0) is 14.9 Å². The molecule has 242 valence electrons. The Morgan fingerprint density at radius 1 is 0.889 bits per heavy atom. The molecule has 3 aliphatic rings. The fraction of sp³-hybridized carbons (Fsp3) is 0.529. The molecule has 2 fully saturated rings. The highest BCUT2D eigenvalue weighted by Gasteiger charge is 2.45. The Morgan fingerprint density at radius 3 is 2.09 bits per heavy atom. The lowest BCUT2D eigenvalue weighted by atomic mass is 9.71. The summed E-state index contributed by atoms with van der Waals surface area (Å²) in [6.07, 6.45) is -9.44. The van der Waals surface area contributed by atoms with E-state index < -0.39 is 74.8 Å². The Morgan fingerprint density at radius 2 is 1.51 bits per heavy atom. The molecule has 0 saturated carbocycles. The summed E-state index contributed by atoms with van der Waals surface area (Å²) in [5.41, 5.74) is 5.71. The van der Waals surface area contributed by atoms with E-state index >= 15 is 0 Å². The fourth-order valence-electron chi connectivity index (χ4n) is 6.49. The Labute approximate surface area is 262 Å². The first-order valence-electron chi connectivity index (χ1n) is 15.2. The van der Waals surface area contributed by atoms with Gasteiger partial charge in [0.2, 0.25) is 0 Å². The molecule has 9 atom stereocenters. The van der Waals surface area contributed by atoms with Crippen molar-refractivity contribution in [2.75, 3.05) is 32.9 Å². The molecule has 9 N–H and O–H groups in total. The molecule has 2 aromatic rings. The Kier molecular flexibility index (Phi) is 10.6. The average molecular weight is 624 g/mol. The number of hydrogen-bond donors (Lipinski definition) is 9. The van der Waals surface area contributed by atoms with E-state index in [0.29, 0.717) is 5.56 Å². The van der Waals surface area contributed by atoms with E-state index in [-0.39, 0.29) is 5.41 Å². The van der Waals surface area contributed by atoms with E-state index in [4.69, 9.17) is 14.6 Å². The van der Waals surface area contributed by atoms with Crippen molar-refractivity contribution < 1.29 is 50.3 Å². The van der Waals surface area contributed by atoms with Crippen LogP contribution in [0.4, 0.5) is 0 Å². The molecule has 0 aromatic heterocycles. The minimum atomic E-state index is -1.49. The van der Waals surface area contributed by atoms with Gasteiger partial charge >= 0.3 is 0 Å². The number of benzene rings is 2. The zero-order chi connectivity index (χ0) is 32.3. The van der Waals surface area contributed by atoms with Gasteiger partial charge in [-0.3, -0.25) is 0 Å². The first-order valence-corrected chi connectivity index (χ1v) is 15.2. The normalized spacial score (nSPS) is 27.6. The molecule has 0 radical (unpaired) electrons. The molecular formula is C34H41NO10. The average Bonchev–Trinajstić information content (AvgIpc) is 3.31. The van der Waals surface area contributed by atoms with Crippen LogP contribution in [-0.4, -0.2) is 129 Å². The van der Waals surface area contributed by atoms with Crippen molar-refractivity contribution in [3.8, 4) is 34.8 Å². The number of aliphatic hydroxyl groups excluding tert-OH is 8. The van der Waals surface area contributed by atoms with E-state index in [1.807, 2.05) is 18.2 Å². The second kappa shape index (κ2) is 14.3. The summed E-state index contributed by atoms with van der Waals surface area (Å²) in [5, 5.41) is 82.1. The van der Waals surface area contributed by atoms with Crippen LogP contribution in [0, 0.1) is 23.7 Å². The highest BCUT2D eigenvalue weighted by molar-refractivity contribution is 5.82. The van der Waals surface area contributed by atoms with Crippen molar-refractivity contribution in [3.05, 3.63) is 58.7 Å². The SMILES string of the molecule is CC(C#Cc1ccc2c(c1)C1(CCNCC1)c1cc(C#CC3OC(CO)[C@@H](O)C(O)C3O)ccc1-2)OC(CO)[C@@H](O)C(O)CO. The van der Waals surface area contributed by atoms with E-state index in [2.05, 4.69) is 47.2 Å². The van der Waals surface area contributed by atoms with Gasteiger partial charge in [0.1, 0.15) is 54.9 Å². The van der Waals surface area contributed by atoms with Crippen LogP contribution in [0.25, 0.3) is 11.1 Å². The maximum Gasteiger partial charge on any atom is 0.147 e. The Bertz CT molecular complexity index is 1470. The van der Waals surface area contributed by atoms with Gasteiger partial charge in [-0.05, 0) is 79.4 Å². The van der Waals surface area contributed by atoms with Crippen LogP contribution in [0.2, 0.25) is 0 Å². The van der Waals surface area contributed by atoms with Gasteiger partial charge in [0.15, 0.2) is 0 Å². The van der Waals surface area contributed by atoms with Gasteiger partial charge in [-0.25, -0.2) is 0 Å².